The minimum Gasteiger partial charge on any atom is -0.487 e. The Morgan fingerprint density at radius 3 is 2.41 bits per heavy atom. The van der Waals surface area contributed by atoms with Crippen LogP contribution in [-0.2, 0) is 15.9 Å². The second-order valence-corrected chi connectivity index (χ2v) is 7.94. The normalized spacial score (nSPS) is 18.0. The summed E-state index contributed by atoms with van der Waals surface area (Å²) in [6.45, 7) is 8.63. The second-order valence-electron chi connectivity index (χ2n) is 7.94. The molecule has 0 amide bonds. The molecule has 5 heteroatoms. The van der Waals surface area contributed by atoms with E-state index in [-0.39, 0.29) is 11.2 Å². The van der Waals surface area contributed by atoms with Crippen molar-refractivity contribution in [2.75, 3.05) is 0 Å². The van der Waals surface area contributed by atoms with Gasteiger partial charge in [-0.2, -0.15) is 0 Å². The summed E-state index contributed by atoms with van der Waals surface area (Å²) in [5.74, 6) is 0.775. The summed E-state index contributed by atoms with van der Waals surface area (Å²) < 4.78 is 18.2. The number of benzene rings is 2. The summed E-state index contributed by atoms with van der Waals surface area (Å²) in [5, 5.41) is 1.13. The molecule has 0 atom stereocenters. The lowest BCUT2D eigenvalue weighted by Gasteiger charge is -2.32. The number of rotatable bonds is 4. The van der Waals surface area contributed by atoms with Crippen molar-refractivity contribution in [2.24, 2.45) is 0 Å². The highest BCUT2D eigenvalue weighted by Gasteiger charge is 2.51. The zero-order valence-electron chi connectivity index (χ0n) is 16.2. The quantitative estimate of drug-likeness (QED) is 0.656. The van der Waals surface area contributed by atoms with Gasteiger partial charge in [0, 0.05) is 5.39 Å². The van der Waals surface area contributed by atoms with Crippen LogP contribution in [0.1, 0.15) is 33.4 Å². The molecule has 0 bridgehead atoms. The van der Waals surface area contributed by atoms with E-state index in [9.17, 15) is 0 Å². The Balaban J connectivity index is 1.48. The number of aromatic nitrogens is 1. The molecule has 1 saturated heterocycles. The van der Waals surface area contributed by atoms with Crippen molar-refractivity contribution in [2.45, 2.75) is 45.5 Å². The SMILES string of the molecule is CC1(C)OB(c2cccc(OCc3ccc4ccccc4n3)c2)OC1(C)C. The molecule has 0 unspecified atom stereocenters. The second kappa shape index (κ2) is 6.66. The summed E-state index contributed by atoms with van der Waals surface area (Å²) in [7, 11) is -0.391. The topological polar surface area (TPSA) is 40.6 Å². The minimum absolute atomic E-state index is 0.358. The van der Waals surface area contributed by atoms with Gasteiger partial charge in [0.15, 0.2) is 0 Å². The Hall–Kier alpha value is -2.37. The lowest BCUT2D eigenvalue weighted by molar-refractivity contribution is 0.00578. The van der Waals surface area contributed by atoms with Crippen LogP contribution in [0, 0.1) is 0 Å². The maximum absolute atomic E-state index is 6.13. The van der Waals surface area contributed by atoms with Gasteiger partial charge in [-0.3, -0.25) is 0 Å². The van der Waals surface area contributed by atoms with Crippen LogP contribution in [-0.4, -0.2) is 23.3 Å². The van der Waals surface area contributed by atoms with Gasteiger partial charge in [0.05, 0.1) is 22.4 Å². The fraction of sp³-hybridized carbons (Fsp3) is 0.318. The molecule has 3 aromatic rings. The third-order valence-electron chi connectivity index (χ3n) is 5.43. The number of pyridine rings is 1. The third-order valence-corrected chi connectivity index (χ3v) is 5.43. The zero-order chi connectivity index (χ0) is 19.1. The maximum Gasteiger partial charge on any atom is 0.494 e. The van der Waals surface area contributed by atoms with Gasteiger partial charge in [0.1, 0.15) is 12.4 Å². The van der Waals surface area contributed by atoms with Crippen molar-refractivity contribution in [3.8, 4) is 5.75 Å². The van der Waals surface area contributed by atoms with Crippen LogP contribution < -0.4 is 10.2 Å². The molecule has 1 aliphatic rings. The smallest absolute Gasteiger partial charge is 0.487 e. The molecular formula is C22H24BNO3. The van der Waals surface area contributed by atoms with E-state index in [1.807, 2.05) is 48.5 Å². The van der Waals surface area contributed by atoms with Gasteiger partial charge >= 0.3 is 7.12 Å². The van der Waals surface area contributed by atoms with Gasteiger partial charge in [0.25, 0.3) is 0 Å². The minimum atomic E-state index is -0.391. The Morgan fingerprint density at radius 1 is 0.889 bits per heavy atom. The zero-order valence-corrected chi connectivity index (χ0v) is 16.2. The molecule has 138 valence electrons. The summed E-state index contributed by atoms with van der Waals surface area (Å²) >= 11 is 0. The van der Waals surface area contributed by atoms with Crippen LogP contribution in [0.25, 0.3) is 10.9 Å². The molecular weight excluding hydrogens is 337 g/mol. The first-order valence-electron chi connectivity index (χ1n) is 9.27. The van der Waals surface area contributed by atoms with Crippen LogP contribution in [0.2, 0.25) is 0 Å². The van der Waals surface area contributed by atoms with Crippen LogP contribution in [0.15, 0.2) is 60.7 Å². The molecule has 1 aromatic heterocycles. The highest BCUT2D eigenvalue weighted by Crippen LogP contribution is 2.36. The fourth-order valence-corrected chi connectivity index (χ4v) is 3.08. The predicted molar refractivity (Wildman–Crippen MR) is 108 cm³/mol. The molecule has 2 heterocycles. The van der Waals surface area contributed by atoms with Gasteiger partial charge in [0.2, 0.25) is 0 Å². The Labute approximate surface area is 160 Å². The summed E-state index contributed by atoms with van der Waals surface area (Å²) in [6, 6.07) is 20.0. The van der Waals surface area contributed by atoms with Gasteiger partial charge in [-0.25, -0.2) is 4.98 Å². The van der Waals surface area contributed by atoms with E-state index < -0.39 is 7.12 Å². The lowest BCUT2D eigenvalue weighted by Crippen LogP contribution is -2.41. The molecule has 0 N–H and O–H groups in total. The van der Waals surface area contributed by atoms with Crippen molar-refractivity contribution in [3.63, 3.8) is 0 Å². The Kier molecular flexibility index (Phi) is 4.45. The van der Waals surface area contributed by atoms with Gasteiger partial charge in [-0.1, -0.05) is 36.4 Å². The van der Waals surface area contributed by atoms with E-state index in [4.69, 9.17) is 14.0 Å². The van der Waals surface area contributed by atoms with E-state index in [0.29, 0.717) is 6.61 Å². The van der Waals surface area contributed by atoms with Crippen molar-refractivity contribution in [1.82, 2.24) is 4.98 Å². The van der Waals surface area contributed by atoms with Crippen molar-refractivity contribution < 1.29 is 14.0 Å². The molecule has 1 aliphatic heterocycles. The predicted octanol–water partition coefficient (Wildman–Crippen LogP) is 4.11. The first-order chi connectivity index (χ1) is 12.8. The van der Waals surface area contributed by atoms with Crippen LogP contribution in [0.4, 0.5) is 0 Å². The molecule has 0 aliphatic carbocycles. The van der Waals surface area contributed by atoms with E-state index >= 15 is 0 Å². The summed E-state index contributed by atoms with van der Waals surface area (Å²) in [5.41, 5.74) is 2.12. The summed E-state index contributed by atoms with van der Waals surface area (Å²) in [6.07, 6.45) is 0. The highest BCUT2D eigenvalue weighted by molar-refractivity contribution is 6.62. The van der Waals surface area contributed by atoms with Crippen molar-refractivity contribution in [1.29, 1.82) is 0 Å². The monoisotopic (exact) mass is 361 g/mol. The number of nitrogens with zero attached hydrogens (tertiary/aromatic N) is 1. The van der Waals surface area contributed by atoms with Gasteiger partial charge in [-0.05, 0) is 57.4 Å². The van der Waals surface area contributed by atoms with Crippen LogP contribution in [0.3, 0.4) is 0 Å². The lowest BCUT2D eigenvalue weighted by atomic mass is 9.79. The van der Waals surface area contributed by atoms with E-state index in [0.717, 1.165) is 27.8 Å². The Morgan fingerprint density at radius 2 is 1.63 bits per heavy atom. The molecule has 4 nitrogen and oxygen atoms in total. The number of hydrogen-bond donors (Lipinski definition) is 0. The first-order valence-corrected chi connectivity index (χ1v) is 9.27. The average molecular weight is 361 g/mol. The van der Waals surface area contributed by atoms with Crippen molar-refractivity contribution in [3.05, 3.63) is 66.4 Å². The van der Waals surface area contributed by atoms with Crippen molar-refractivity contribution >= 4 is 23.5 Å². The van der Waals surface area contributed by atoms with E-state index in [2.05, 4.69) is 44.8 Å². The van der Waals surface area contributed by atoms with E-state index in [1.165, 1.54) is 0 Å². The average Bonchev–Trinajstić information content (AvgIpc) is 2.87. The summed E-state index contributed by atoms with van der Waals surface area (Å²) in [4.78, 5) is 4.65. The van der Waals surface area contributed by atoms with Crippen LogP contribution in [0.5, 0.6) is 5.75 Å². The maximum atomic E-state index is 6.13. The standard InChI is InChI=1S/C22H24BNO3/c1-21(2)22(3,4)27-23(26-21)17-9-7-10-19(14-17)25-15-18-13-12-16-8-5-6-11-20(16)24-18/h5-14H,15H2,1-4H3. The van der Waals surface area contributed by atoms with Gasteiger partial charge in [-0.15, -0.1) is 0 Å². The molecule has 0 spiro atoms. The Bertz CT molecular complexity index is 954. The third kappa shape index (κ3) is 3.57. The highest BCUT2D eigenvalue weighted by atomic mass is 16.7. The number of ether oxygens (including phenoxy) is 1. The first kappa shape index (κ1) is 18.0. The number of hydrogen-bond acceptors (Lipinski definition) is 4. The molecule has 0 saturated carbocycles. The van der Waals surface area contributed by atoms with Crippen LogP contribution >= 0.6 is 0 Å². The largest absolute Gasteiger partial charge is 0.494 e. The number of fused-ring (bicyclic) bond motifs is 1. The molecule has 1 fully saturated rings. The van der Waals surface area contributed by atoms with Gasteiger partial charge < -0.3 is 14.0 Å². The molecule has 4 rings (SSSR count). The number of para-hydroxylation sites is 1. The van der Waals surface area contributed by atoms with E-state index in [1.54, 1.807) is 0 Å². The molecule has 27 heavy (non-hydrogen) atoms. The fourth-order valence-electron chi connectivity index (χ4n) is 3.08. The molecule has 2 aromatic carbocycles. The molecule has 0 radical (unpaired) electrons.